The van der Waals surface area contributed by atoms with Crippen LogP contribution in [0.5, 0.6) is 0 Å². The van der Waals surface area contributed by atoms with Gasteiger partial charge < -0.3 is 10.3 Å². The van der Waals surface area contributed by atoms with Gasteiger partial charge in [0, 0.05) is 17.7 Å². The number of fused-ring (bicyclic) bond motifs is 1. The minimum Gasteiger partial charge on any atom is -0.340 e. The highest BCUT2D eigenvalue weighted by atomic mass is 15.0. The van der Waals surface area contributed by atoms with E-state index in [0.717, 1.165) is 48.6 Å². The molecule has 3 rings (SSSR count). The van der Waals surface area contributed by atoms with Gasteiger partial charge in [0.05, 0.1) is 5.52 Å². The monoisotopic (exact) mass is 230 g/mol. The quantitative estimate of drug-likeness (QED) is 0.828. The van der Waals surface area contributed by atoms with Crippen LogP contribution in [0.1, 0.15) is 31.3 Å². The molecule has 0 aromatic carbocycles. The first-order chi connectivity index (χ1) is 8.23. The van der Waals surface area contributed by atoms with E-state index in [1.807, 2.05) is 13.0 Å². The van der Waals surface area contributed by atoms with Gasteiger partial charge in [-0.15, -0.1) is 0 Å². The molecule has 90 valence electrons. The molecule has 4 heteroatoms. The molecule has 3 heterocycles. The number of aromatic amines is 1. The summed E-state index contributed by atoms with van der Waals surface area (Å²) in [6.07, 6.45) is 2.26. The molecular weight excluding hydrogens is 212 g/mol. The van der Waals surface area contributed by atoms with Crippen LogP contribution in [0.4, 0.5) is 0 Å². The number of pyridine rings is 1. The maximum absolute atomic E-state index is 4.69. The molecule has 2 N–H and O–H groups in total. The number of H-pyrrole nitrogens is 1. The topological polar surface area (TPSA) is 53.6 Å². The van der Waals surface area contributed by atoms with Crippen molar-refractivity contribution in [2.45, 2.75) is 32.1 Å². The van der Waals surface area contributed by atoms with Gasteiger partial charge in [-0.05, 0) is 38.4 Å². The first kappa shape index (κ1) is 10.7. The summed E-state index contributed by atoms with van der Waals surface area (Å²) in [6.45, 7) is 6.33. The second kappa shape index (κ2) is 3.81. The Kier molecular flexibility index (Phi) is 2.40. The molecule has 4 nitrogen and oxygen atoms in total. The van der Waals surface area contributed by atoms with Crippen molar-refractivity contribution in [2.75, 3.05) is 13.1 Å². The Morgan fingerprint density at radius 2 is 2.24 bits per heavy atom. The molecule has 17 heavy (non-hydrogen) atoms. The van der Waals surface area contributed by atoms with E-state index < -0.39 is 0 Å². The average molecular weight is 230 g/mol. The summed E-state index contributed by atoms with van der Waals surface area (Å²) in [5.41, 5.74) is 3.09. The summed E-state index contributed by atoms with van der Waals surface area (Å²) >= 11 is 0. The van der Waals surface area contributed by atoms with Crippen molar-refractivity contribution in [3.05, 3.63) is 23.7 Å². The summed E-state index contributed by atoms with van der Waals surface area (Å²) in [5.74, 6) is 1.10. The largest absolute Gasteiger partial charge is 0.340 e. The highest BCUT2D eigenvalue weighted by molar-refractivity contribution is 5.70. The normalized spacial score (nSPS) is 24.6. The third kappa shape index (κ3) is 1.63. The predicted molar refractivity (Wildman–Crippen MR) is 68.1 cm³/mol. The fourth-order valence-electron chi connectivity index (χ4n) is 2.65. The number of rotatable bonds is 2. The standard InChI is InChI=1S/C13H18N4/c1-3-13(6-7-14-8-13)12-16-10-5-4-9(2)15-11(10)17-12/h4-5,14H,3,6-8H2,1-2H3,(H,15,16,17). The van der Waals surface area contributed by atoms with Gasteiger partial charge in [-0.25, -0.2) is 9.97 Å². The molecule has 1 unspecified atom stereocenters. The zero-order valence-corrected chi connectivity index (χ0v) is 10.4. The van der Waals surface area contributed by atoms with E-state index in [0.29, 0.717) is 0 Å². The molecule has 0 spiro atoms. The Hall–Kier alpha value is -1.42. The van der Waals surface area contributed by atoms with Gasteiger partial charge in [0.2, 0.25) is 0 Å². The van der Waals surface area contributed by atoms with Gasteiger partial charge in [-0.1, -0.05) is 6.92 Å². The minimum absolute atomic E-state index is 0.175. The number of aryl methyl sites for hydroxylation is 1. The summed E-state index contributed by atoms with van der Waals surface area (Å²) in [6, 6.07) is 4.09. The predicted octanol–water partition coefficient (Wildman–Crippen LogP) is 1.91. The highest BCUT2D eigenvalue weighted by Crippen LogP contribution is 2.32. The van der Waals surface area contributed by atoms with Crippen molar-refractivity contribution in [2.24, 2.45) is 0 Å². The molecule has 1 aliphatic rings. The molecule has 1 aliphatic heterocycles. The maximum Gasteiger partial charge on any atom is 0.177 e. The summed E-state index contributed by atoms with van der Waals surface area (Å²) in [7, 11) is 0. The van der Waals surface area contributed by atoms with E-state index in [-0.39, 0.29) is 5.41 Å². The van der Waals surface area contributed by atoms with E-state index in [1.165, 1.54) is 0 Å². The first-order valence-electron chi connectivity index (χ1n) is 6.28. The Bertz CT molecular complexity index is 537. The average Bonchev–Trinajstić information content (AvgIpc) is 2.94. The van der Waals surface area contributed by atoms with Gasteiger partial charge in [-0.2, -0.15) is 0 Å². The van der Waals surface area contributed by atoms with Crippen molar-refractivity contribution in [3.8, 4) is 0 Å². The van der Waals surface area contributed by atoms with Gasteiger partial charge in [0.25, 0.3) is 0 Å². The Balaban J connectivity index is 2.11. The van der Waals surface area contributed by atoms with Crippen LogP contribution in [-0.4, -0.2) is 28.0 Å². The molecule has 0 saturated carbocycles. The van der Waals surface area contributed by atoms with Crippen molar-refractivity contribution in [3.63, 3.8) is 0 Å². The Morgan fingerprint density at radius 1 is 1.35 bits per heavy atom. The Morgan fingerprint density at radius 3 is 2.94 bits per heavy atom. The summed E-state index contributed by atoms with van der Waals surface area (Å²) < 4.78 is 0. The smallest absolute Gasteiger partial charge is 0.177 e. The van der Waals surface area contributed by atoms with Crippen molar-refractivity contribution in [1.82, 2.24) is 20.3 Å². The number of nitrogens with one attached hydrogen (secondary N) is 2. The number of hydrogen-bond donors (Lipinski definition) is 2. The summed E-state index contributed by atoms with van der Waals surface area (Å²) in [5, 5.41) is 3.44. The van der Waals surface area contributed by atoms with Crippen LogP contribution in [0.25, 0.3) is 11.2 Å². The zero-order valence-electron chi connectivity index (χ0n) is 10.4. The van der Waals surface area contributed by atoms with Gasteiger partial charge in [-0.3, -0.25) is 0 Å². The van der Waals surface area contributed by atoms with Crippen LogP contribution in [0, 0.1) is 6.92 Å². The van der Waals surface area contributed by atoms with Crippen LogP contribution < -0.4 is 5.32 Å². The molecule has 1 fully saturated rings. The third-order valence-corrected chi connectivity index (χ3v) is 3.91. The Labute approximate surface area is 101 Å². The maximum atomic E-state index is 4.69. The molecule has 0 aliphatic carbocycles. The number of hydrogen-bond acceptors (Lipinski definition) is 3. The van der Waals surface area contributed by atoms with E-state index in [2.05, 4.69) is 28.3 Å². The van der Waals surface area contributed by atoms with E-state index in [4.69, 9.17) is 4.98 Å². The fraction of sp³-hybridized carbons (Fsp3) is 0.538. The fourth-order valence-corrected chi connectivity index (χ4v) is 2.65. The molecule has 2 aromatic heterocycles. The molecular formula is C13H18N4. The second-order valence-electron chi connectivity index (χ2n) is 4.97. The zero-order chi connectivity index (χ0) is 11.9. The number of aromatic nitrogens is 3. The van der Waals surface area contributed by atoms with E-state index >= 15 is 0 Å². The lowest BCUT2D eigenvalue weighted by Crippen LogP contribution is -2.29. The molecule has 0 radical (unpaired) electrons. The van der Waals surface area contributed by atoms with Crippen molar-refractivity contribution < 1.29 is 0 Å². The third-order valence-electron chi connectivity index (χ3n) is 3.91. The molecule has 2 aromatic rings. The lowest BCUT2D eigenvalue weighted by molar-refractivity contribution is 0.430. The van der Waals surface area contributed by atoms with Gasteiger partial charge in [0.15, 0.2) is 5.65 Å². The molecule has 1 saturated heterocycles. The number of imidazole rings is 1. The number of nitrogens with zero attached hydrogens (tertiary/aromatic N) is 2. The lowest BCUT2D eigenvalue weighted by Gasteiger charge is -2.23. The lowest BCUT2D eigenvalue weighted by atomic mass is 9.83. The van der Waals surface area contributed by atoms with Gasteiger partial charge >= 0.3 is 0 Å². The molecule has 0 bridgehead atoms. The molecule has 1 atom stereocenters. The van der Waals surface area contributed by atoms with Crippen LogP contribution in [0.15, 0.2) is 12.1 Å². The second-order valence-corrected chi connectivity index (χ2v) is 4.97. The van der Waals surface area contributed by atoms with Crippen LogP contribution >= 0.6 is 0 Å². The van der Waals surface area contributed by atoms with E-state index in [9.17, 15) is 0 Å². The van der Waals surface area contributed by atoms with Crippen LogP contribution in [-0.2, 0) is 5.41 Å². The van der Waals surface area contributed by atoms with Crippen LogP contribution in [0.3, 0.4) is 0 Å². The van der Waals surface area contributed by atoms with Crippen LogP contribution in [0.2, 0.25) is 0 Å². The minimum atomic E-state index is 0.175. The highest BCUT2D eigenvalue weighted by Gasteiger charge is 2.36. The summed E-state index contributed by atoms with van der Waals surface area (Å²) in [4.78, 5) is 12.6. The first-order valence-corrected chi connectivity index (χ1v) is 6.28. The van der Waals surface area contributed by atoms with Crippen molar-refractivity contribution >= 4 is 11.2 Å². The molecule has 0 amide bonds. The SMILES string of the molecule is CCC1(c2nc3nc(C)ccc3[nH]2)CCNC1. The van der Waals surface area contributed by atoms with E-state index in [1.54, 1.807) is 0 Å². The van der Waals surface area contributed by atoms with Crippen molar-refractivity contribution in [1.29, 1.82) is 0 Å². The van der Waals surface area contributed by atoms with Gasteiger partial charge in [0.1, 0.15) is 5.82 Å².